The van der Waals surface area contributed by atoms with Gasteiger partial charge in [-0.15, -0.1) is 0 Å². The van der Waals surface area contributed by atoms with Crippen molar-refractivity contribution in [1.82, 2.24) is 4.90 Å². The van der Waals surface area contributed by atoms with E-state index >= 15 is 0 Å². The Morgan fingerprint density at radius 3 is 2.69 bits per heavy atom. The number of likely N-dealkylation sites (N-methyl/N-ethyl adjacent to an activating group) is 1. The van der Waals surface area contributed by atoms with Crippen molar-refractivity contribution in [2.45, 2.75) is 32.1 Å². The fourth-order valence-corrected chi connectivity index (χ4v) is 4.49. The molecular formula is C24H30FN3O. The van der Waals surface area contributed by atoms with Crippen molar-refractivity contribution in [2.24, 2.45) is 0 Å². The van der Waals surface area contributed by atoms with Crippen molar-refractivity contribution in [3.63, 3.8) is 0 Å². The van der Waals surface area contributed by atoms with Gasteiger partial charge in [-0.25, -0.2) is 4.39 Å². The number of halogens is 1. The van der Waals surface area contributed by atoms with Crippen molar-refractivity contribution in [2.75, 3.05) is 49.7 Å². The quantitative estimate of drug-likeness (QED) is 0.704. The van der Waals surface area contributed by atoms with Gasteiger partial charge in [0.15, 0.2) is 5.78 Å². The Balaban J connectivity index is 1.40. The Kier molecular flexibility index (Phi) is 6.14. The highest BCUT2D eigenvalue weighted by Crippen LogP contribution is 2.37. The largest absolute Gasteiger partial charge is 0.371 e. The molecule has 0 unspecified atom stereocenters. The number of nitrogens with zero attached hydrogens (tertiary/aromatic N) is 3. The molecule has 4 rings (SSSR count). The average Bonchev–Trinajstić information content (AvgIpc) is 2.81. The Bertz CT molecular complexity index is 852. The highest BCUT2D eigenvalue weighted by Gasteiger charge is 2.25. The molecule has 2 heterocycles. The zero-order chi connectivity index (χ0) is 20.2. The molecule has 0 amide bonds. The summed E-state index contributed by atoms with van der Waals surface area (Å²) >= 11 is 0. The van der Waals surface area contributed by atoms with Crippen LogP contribution in [-0.4, -0.2) is 50.6 Å². The van der Waals surface area contributed by atoms with Gasteiger partial charge in [0.2, 0.25) is 0 Å². The van der Waals surface area contributed by atoms with E-state index in [9.17, 15) is 9.18 Å². The zero-order valence-electron chi connectivity index (χ0n) is 17.2. The molecule has 29 heavy (non-hydrogen) atoms. The maximum Gasteiger partial charge on any atom is 0.162 e. The first-order chi connectivity index (χ1) is 14.1. The maximum atomic E-state index is 13.1. The lowest BCUT2D eigenvalue weighted by molar-refractivity contribution is 0.0974. The first-order valence-corrected chi connectivity index (χ1v) is 10.7. The molecule has 2 aromatic carbocycles. The molecule has 0 spiro atoms. The summed E-state index contributed by atoms with van der Waals surface area (Å²) in [5.41, 5.74) is 4.80. The summed E-state index contributed by atoms with van der Waals surface area (Å²) in [7, 11) is 2.18. The molecule has 0 bridgehead atoms. The third kappa shape index (κ3) is 4.61. The number of ketones is 1. The molecule has 0 saturated heterocycles. The zero-order valence-corrected chi connectivity index (χ0v) is 17.2. The molecule has 0 aliphatic carbocycles. The van der Waals surface area contributed by atoms with Crippen LogP contribution in [0.1, 0.15) is 41.6 Å². The van der Waals surface area contributed by atoms with Crippen LogP contribution in [0.4, 0.5) is 15.8 Å². The number of rotatable bonds is 5. The second-order valence-corrected chi connectivity index (χ2v) is 8.22. The Morgan fingerprint density at radius 1 is 1.03 bits per heavy atom. The van der Waals surface area contributed by atoms with E-state index < -0.39 is 0 Å². The summed E-state index contributed by atoms with van der Waals surface area (Å²) in [5.74, 6) is -0.202. The molecule has 2 aromatic rings. The van der Waals surface area contributed by atoms with Gasteiger partial charge in [0.05, 0.1) is 18.0 Å². The lowest BCUT2D eigenvalue weighted by atomic mass is 10.0. The van der Waals surface area contributed by atoms with E-state index in [4.69, 9.17) is 0 Å². The minimum atomic E-state index is -0.301. The van der Waals surface area contributed by atoms with E-state index in [1.54, 1.807) is 12.1 Å². The van der Waals surface area contributed by atoms with Crippen LogP contribution < -0.4 is 9.80 Å². The molecule has 4 nitrogen and oxygen atoms in total. The maximum absolute atomic E-state index is 13.1. The summed E-state index contributed by atoms with van der Waals surface area (Å²) < 4.78 is 13.1. The van der Waals surface area contributed by atoms with Gasteiger partial charge in [0.1, 0.15) is 5.82 Å². The number of carbonyl (C=O) groups is 1. The standard InChI is InChI=1S/C24H30FN3O/c1-26-16-17-28-18-27(14-3-2-6-20-7-4-8-22(26)24(20)28)15-5-9-23(29)19-10-12-21(25)13-11-19/h4,7-8,10-13H,2-3,5-6,9,14-18H2,1H3. The lowest BCUT2D eigenvalue weighted by Gasteiger charge is -2.40. The number of anilines is 2. The molecule has 0 fully saturated rings. The van der Waals surface area contributed by atoms with Crippen molar-refractivity contribution in [3.05, 3.63) is 59.4 Å². The Morgan fingerprint density at radius 2 is 1.86 bits per heavy atom. The van der Waals surface area contributed by atoms with Crippen LogP contribution in [0.2, 0.25) is 0 Å². The van der Waals surface area contributed by atoms with Crippen molar-refractivity contribution in [1.29, 1.82) is 0 Å². The molecule has 2 aliphatic heterocycles. The van der Waals surface area contributed by atoms with Crippen molar-refractivity contribution >= 4 is 17.2 Å². The van der Waals surface area contributed by atoms with E-state index in [1.807, 2.05) is 0 Å². The molecule has 0 N–H and O–H groups in total. The average molecular weight is 396 g/mol. The van der Waals surface area contributed by atoms with Crippen LogP contribution in [0.15, 0.2) is 42.5 Å². The third-order valence-electron chi connectivity index (χ3n) is 6.12. The highest BCUT2D eigenvalue weighted by atomic mass is 19.1. The fraction of sp³-hybridized carbons (Fsp3) is 0.458. The topological polar surface area (TPSA) is 26.8 Å². The number of carbonyl (C=O) groups excluding carboxylic acids is 1. The molecular weight excluding hydrogens is 365 g/mol. The summed E-state index contributed by atoms with van der Waals surface area (Å²) in [5, 5.41) is 0. The molecule has 0 aromatic heterocycles. The van der Waals surface area contributed by atoms with E-state index in [1.165, 1.54) is 41.9 Å². The minimum Gasteiger partial charge on any atom is -0.371 e. The van der Waals surface area contributed by atoms with Gasteiger partial charge >= 0.3 is 0 Å². The number of aryl methyl sites for hydroxylation is 1. The summed E-state index contributed by atoms with van der Waals surface area (Å²) in [6.45, 7) is 4.97. The predicted octanol–water partition coefficient (Wildman–Crippen LogP) is 4.34. The SMILES string of the molecule is CN1CCN2CN(CCCC(=O)c3ccc(F)cc3)CCCCc3cccc1c32. The van der Waals surface area contributed by atoms with Crippen LogP contribution in [0, 0.1) is 5.82 Å². The molecule has 154 valence electrons. The van der Waals surface area contributed by atoms with Crippen molar-refractivity contribution < 1.29 is 9.18 Å². The number of Topliss-reactive ketones (excluding diaryl/α,β-unsaturated/α-hetero) is 1. The van der Waals surface area contributed by atoms with Crippen LogP contribution in [0.5, 0.6) is 0 Å². The molecule has 2 aliphatic rings. The van der Waals surface area contributed by atoms with Crippen LogP contribution >= 0.6 is 0 Å². The van der Waals surface area contributed by atoms with E-state index in [-0.39, 0.29) is 11.6 Å². The van der Waals surface area contributed by atoms with Gasteiger partial charge in [-0.3, -0.25) is 9.69 Å². The second-order valence-electron chi connectivity index (χ2n) is 8.22. The summed E-state index contributed by atoms with van der Waals surface area (Å²) in [6, 6.07) is 12.6. The van der Waals surface area contributed by atoms with Crippen LogP contribution in [-0.2, 0) is 6.42 Å². The monoisotopic (exact) mass is 395 g/mol. The summed E-state index contributed by atoms with van der Waals surface area (Å²) in [6.07, 6.45) is 4.84. The van der Waals surface area contributed by atoms with Gasteiger partial charge in [0.25, 0.3) is 0 Å². The number of hydrogen-bond acceptors (Lipinski definition) is 4. The van der Waals surface area contributed by atoms with Gasteiger partial charge in [-0.05, 0) is 68.1 Å². The normalized spacial score (nSPS) is 17.3. The van der Waals surface area contributed by atoms with E-state index in [0.29, 0.717) is 12.0 Å². The molecule has 0 atom stereocenters. The number of hydrogen-bond donors (Lipinski definition) is 0. The minimum absolute atomic E-state index is 0.0986. The van der Waals surface area contributed by atoms with Crippen molar-refractivity contribution in [3.8, 4) is 0 Å². The van der Waals surface area contributed by atoms with Crippen LogP contribution in [0.3, 0.4) is 0 Å². The predicted molar refractivity (Wildman–Crippen MR) is 116 cm³/mol. The Labute approximate surface area is 172 Å². The summed E-state index contributed by atoms with van der Waals surface area (Å²) in [4.78, 5) is 19.8. The van der Waals surface area contributed by atoms with E-state index in [0.717, 1.165) is 45.7 Å². The van der Waals surface area contributed by atoms with Crippen LogP contribution in [0.25, 0.3) is 0 Å². The first-order valence-electron chi connectivity index (χ1n) is 10.7. The number of benzene rings is 2. The van der Waals surface area contributed by atoms with Gasteiger partial charge < -0.3 is 9.80 Å². The Hall–Kier alpha value is -2.40. The molecule has 0 radical (unpaired) electrons. The molecule has 5 heteroatoms. The van der Waals surface area contributed by atoms with Gasteiger partial charge in [-0.2, -0.15) is 0 Å². The molecule has 0 saturated carbocycles. The smallest absolute Gasteiger partial charge is 0.162 e. The lowest BCUT2D eigenvalue weighted by Crippen LogP contribution is -2.46. The van der Waals surface area contributed by atoms with Gasteiger partial charge in [0, 0.05) is 38.7 Å². The third-order valence-corrected chi connectivity index (χ3v) is 6.12. The second kappa shape index (κ2) is 8.95. The fourth-order valence-electron chi connectivity index (χ4n) is 4.49. The highest BCUT2D eigenvalue weighted by molar-refractivity contribution is 5.95. The van der Waals surface area contributed by atoms with E-state index in [2.05, 4.69) is 39.9 Å². The number of para-hydroxylation sites is 1. The first kappa shape index (κ1) is 19.9. The van der Waals surface area contributed by atoms with Gasteiger partial charge in [-0.1, -0.05) is 12.1 Å².